The molecule has 0 bridgehead atoms. The molecule has 0 amide bonds. The Balaban J connectivity index is -0.0000000566. The van der Waals surface area contributed by atoms with Crippen LogP contribution in [0.2, 0.25) is 0 Å². The first kappa shape index (κ1) is 77.3. The van der Waals surface area contributed by atoms with Crippen LogP contribution in [0.1, 0.15) is 213 Å². The third-order valence-corrected chi connectivity index (χ3v) is 9.69. The topological polar surface area (TPSA) is 179 Å². The monoisotopic (exact) mass is 945 g/mol. The number of aliphatic hydroxyl groups excluding tert-OH is 7. The van der Waals surface area contributed by atoms with Gasteiger partial charge in [0.05, 0.1) is 43.7 Å². The lowest BCUT2D eigenvalue weighted by Crippen LogP contribution is -2.17. The van der Waals surface area contributed by atoms with Gasteiger partial charge < -0.3 is 54.7 Å². The zero-order valence-corrected chi connectivity index (χ0v) is 44.8. The third-order valence-electron chi connectivity index (χ3n) is 9.69. The van der Waals surface area contributed by atoms with E-state index < -0.39 is 6.10 Å². The van der Waals surface area contributed by atoms with Gasteiger partial charge in [0.2, 0.25) is 0 Å². The first-order valence-electron chi connectivity index (χ1n) is 25.5. The van der Waals surface area contributed by atoms with Gasteiger partial charge in [-0.15, -0.1) is 6.42 Å². The molecule has 0 aromatic rings. The number of hydrogen-bond acceptors (Lipinski definition) is 11. The highest BCUT2D eigenvalue weighted by molar-refractivity contribution is 5.32. The lowest BCUT2D eigenvalue weighted by Gasteiger charge is -2.16. The molecule has 7 unspecified atom stereocenters. The van der Waals surface area contributed by atoms with Crippen LogP contribution in [-0.4, -0.2) is 126 Å². The number of rotatable bonds is 31. The van der Waals surface area contributed by atoms with Crippen molar-refractivity contribution >= 4 is 0 Å². The predicted octanol–water partition coefficient (Wildman–Crippen LogP) is 11.3. The van der Waals surface area contributed by atoms with Gasteiger partial charge in [-0.1, -0.05) is 129 Å². The molecule has 0 aliphatic carbocycles. The first-order chi connectivity index (χ1) is 31.1. The summed E-state index contributed by atoms with van der Waals surface area (Å²) in [4.78, 5) is 0. The normalized spacial score (nSPS) is 13.0. The van der Waals surface area contributed by atoms with Crippen molar-refractivity contribution in [1.82, 2.24) is 0 Å². The van der Waals surface area contributed by atoms with Crippen molar-refractivity contribution in [2.24, 2.45) is 17.8 Å². The van der Waals surface area contributed by atoms with E-state index in [2.05, 4.69) is 78.3 Å². The molecule has 65 heavy (non-hydrogen) atoms. The summed E-state index contributed by atoms with van der Waals surface area (Å²) in [6.45, 7) is 33.6. The van der Waals surface area contributed by atoms with E-state index in [1.165, 1.54) is 38.5 Å². The highest BCUT2D eigenvalue weighted by Gasteiger charge is 2.07. The van der Waals surface area contributed by atoms with Gasteiger partial charge in [0.25, 0.3) is 0 Å². The lowest BCUT2D eigenvalue weighted by molar-refractivity contribution is 0.0176. The van der Waals surface area contributed by atoms with E-state index in [4.69, 9.17) is 56.0 Å². The van der Waals surface area contributed by atoms with Crippen molar-refractivity contribution in [3.8, 4) is 36.2 Å². The average molecular weight is 946 g/mol. The maximum atomic E-state index is 9.29. The molecule has 0 heterocycles. The molecule has 0 fully saturated rings. The van der Waals surface area contributed by atoms with E-state index >= 15 is 0 Å². The molecule has 0 aliphatic heterocycles. The summed E-state index contributed by atoms with van der Waals surface area (Å²) in [6.07, 6.45) is 23.4. The standard InChI is InChI=1S/C12H26O2.C10H10O2.C9H20O2.C8H18O2.C6H14O.C5H12O.C4H10O.5H2/c1-4-7-8-11(5-2)9-14-10-12(13)6-3;1-3-5-6-7-8-12-9-10(11)4-2;1-3-4-7-11-8-9(2)5-6-10;1-3-5-6-10-7-8(9)4-2;1-3-6(2)4-5-7;1-3-5(6)4-2;1-3-4(2)5;;;;;/h11-13H,4-10H2,1-3H3;1,10-11H,4,9H2,2H3;9-10H,3-8H2,1-2H3;8-9H,3-7H2,1-2H3;6-7H,3-5H2,1-2H3;5-6H,3-4H2,1-2H3;4-5H,3H2,1-2H3;5*1H. The van der Waals surface area contributed by atoms with E-state index in [0.717, 1.165) is 90.6 Å². The second-order valence-electron chi connectivity index (χ2n) is 16.3. The SMILES string of the molecule is C#CC#CC#COCC(O)CC.CCC(C)CCO.CCC(C)O.CCC(O)CC.CCCCC(CC)COCC(O)CC.CCCCOCC(C)CCO.CCCCOCC(O)CC.[HH].[HH].[HH].[HH].[HH]. The molecule has 0 saturated heterocycles. The van der Waals surface area contributed by atoms with Gasteiger partial charge in [-0.25, -0.2) is 0 Å². The minimum atomic E-state index is -0.458. The summed E-state index contributed by atoms with van der Waals surface area (Å²) in [5.41, 5.74) is 0. The van der Waals surface area contributed by atoms with Gasteiger partial charge in [-0.3, -0.25) is 0 Å². The fraction of sp³-hybridized carbons (Fsp3) is 0.889. The van der Waals surface area contributed by atoms with Crippen LogP contribution in [0.5, 0.6) is 0 Å². The molecule has 11 nitrogen and oxygen atoms in total. The van der Waals surface area contributed by atoms with Gasteiger partial charge in [-0.2, -0.15) is 0 Å². The molecule has 402 valence electrons. The van der Waals surface area contributed by atoms with Crippen molar-refractivity contribution in [3.63, 3.8) is 0 Å². The van der Waals surface area contributed by atoms with Crippen molar-refractivity contribution < 1.29 is 61.8 Å². The molecule has 0 spiro atoms. The molecule has 0 aromatic carbocycles. The molecule has 0 radical (unpaired) electrons. The fourth-order valence-electron chi connectivity index (χ4n) is 3.90. The molecular weight excluding hydrogens is 825 g/mol. The number of unbranched alkanes of at least 4 members (excludes halogenated alkanes) is 3. The van der Waals surface area contributed by atoms with Crippen LogP contribution in [0.3, 0.4) is 0 Å². The number of hydrogen-bond donors (Lipinski definition) is 7. The van der Waals surface area contributed by atoms with Crippen molar-refractivity contribution in [2.45, 2.75) is 237 Å². The van der Waals surface area contributed by atoms with Crippen LogP contribution >= 0.6 is 0 Å². The Kier molecular flexibility index (Phi) is 84.5. The second-order valence-corrected chi connectivity index (χ2v) is 16.3. The number of terminal acetylenes is 1. The van der Waals surface area contributed by atoms with Gasteiger partial charge in [-0.05, 0) is 107 Å². The van der Waals surface area contributed by atoms with Crippen molar-refractivity contribution in [3.05, 3.63) is 0 Å². The Morgan fingerprint density at radius 3 is 1.23 bits per heavy atom. The quantitative estimate of drug-likeness (QED) is 0.0260. The molecule has 7 N–H and O–H groups in total. The molecule has 0 aromatic heterocycles. The minimum absolute atomic E-state index is 0. The second kappa shape index (κ2) is 71.1. The first-order valence-corrected chi connectivity index (χ1v) is 25.5. The summed E-state index contributed by atoms with van der Waals surface area (Å²) < 4.78 is 20.8. The molecule has 11 heteroatoms. The molecule has 0 saturated carbocycles. The largest absolute Gasteiger partial charge is 0.443 e. The molecule has 0 aliphatic rings. The maximum Gasteiger partial charge on any atom is 0.126 e. The summed E-state index contributed by atoms with van der Waals surface area (Å²) in [7, 11) is 0. The van der Waals surface area contributed by atoms with Gasteiger partial charge in [0.15, 0.2) is 0 Å². The van der Waals surface area contributed by atoms with Crippen LogP contribution in [0.4, 0.5) is 0 Å². The summed E-state index contributed by atoms with van der Waals surface area (Å²) in [6, 6.07) is 0. The Hall–Kier alpha value is -1.92. The summed E-state index contributed by atoms with van der Waals surface area (Å²) in [5, 5.41) is 61.3. The van der Waals surface area contributed by atoms with Crippen LogP contribution in [0, 0.1) is 54.0 Å². The maximum absolute atomic E-state index is 9.29. The highest BCUT2D eigenvalue weighted by atomic mass is 16.5. The smallest absolute Gasteiger partial charge is 0.126 e. The molecule has 0 rings (SSSR count). The van der Waals surface area contributed by atoms with Crippen molar-refractivity contribution in [1.29, 1.82) is 0 Å². The fourth-order valence-corrected chi connectivity index (χ4v) is 3.90. The molecule has 7 atom stereocenters. The number of aliphatic hydroxyl groups is 7. The van der Waals surface area contributed by atoms with Gasteiger partial charge in [0, 0.05) is 58.6 Å². The highest BCUT2D eigenvalue weighted by Crippen LogP contribution is 2.13. The Bertz CT molecular complexity index is 1010. The summed E-state index contributed by atoms with van der Waals surface area (Å²) in [5.74, 6) is 11.0. The van der Waals surface area contributed by atoms with Gasteiger partial charge >= 0.3 is 0 Å². The lowest BCUT2D eigenvalue weighted by atomic mass is 10.0. The van der Waals surface area contributed by atoms with E-state index in [1.807, 2.05) is 41.5 Å². The third kappa shape index (κ3) is 89.3. The molecular formula is C54H120O11. The summed E-state index contributed by atoms with van der Waals surface area (Å²) >= 11 is 0. The van der Waals surface area contributed by atoms with E-state index in [1.54, 1.807) is 6.92 Å². The Morgan fingerprint density at radius 1 is 0.446 bits per heavy atom. The van der Waals surface area contributed by atoms with E-state index in [9.17, 15) is 5.11 Å². The van der Waals surface area contributed by atoms with Crippen molar-refractivity contribution in [2.75, 3.05) is 59.5 Å². The predicted molar refractivity (Wildman–Crippen MR) is 286 cm³/mol. The Morgan fingerprint density at radius 2 is 0.877 bits per heavy atom. The van der Waals surface area contributed by atoms with Crippen LogP contribution in [0.25, 0.3) is 0 Å². The number of ether oxygens (including phenoxy) is 4. The van der Waals surface area contributed by atoms with E-state index in [0.29, 0.717) is 44.0 Å². The van der Waals surface area contributed by atoms with Crippen LogP contribution < -0.4 is 0 Å². The van der Waals surface area contributed by atoms with E-state index in [-0.39, 0.29) is 44.8 Å². The Labute approximate surface area is 411 Å². The minimum Gasteiger partial charge on any atom is -0.443 e. The zero-order valence-electron chi connectivity index (χ0n) is 44.8. The zero-order chi connectivity index (χ0) is 51.4. The van der Waals surface area contributed by atoms with Crippen LogP contribution in [-0.2, 0) is 18.9 Å². The van der Waals surface area contributed by atoms with Gasteiger partial charge in [0.1, 0.15) is 12.7 Å². The van der Waals surface area contributed by atoms with Crippen LogP contribution in [0.15, 0.2) is 0 Å². The average Bonchev–Trinajstić information content (AvgIpc) is 3.32.